The summed E-state index contributed by atoms with van der Waals surface area (Å²) >= 11 is 1.68. The number of guanidine groups is 1. The van der Waals surface area contributed by atoms with Crippen molar-refractivity contribution in [1.29, 1.82) is 0 Å². The van der Waals surface area contributed by atoms with Crippen LogP contribution in [0.2, 0.25) is 0 Å². The number of nitrogens with one attached hydrogen (secondary N) is 2. The highest BCUT2D eigenvalue weighted by Crippen LogP contribution is 2.47. The number of halogens is 1. The second-order valence-electron chi connectivity index (χ2n) is 5.93. The summed E-state index contributed by atoms with van der Waals surface area (Å²) in [6.45, 7) is 3.46. The fraction of sp³-hybridized carbons (Fsp3) is 0.412. The van der Waals surface area contributed by atoms with Gasteiger partial charge >= 0.3 is 0 Å². The SMILES string of the molecule is CN=C(NCc1ncc(C)s1)NCC1(c2cccc(F)c2)CC1. The molecule has 0 spiro atoms. The molecule has 1 aromatic heterocycles. The third-order valence-electron chi connectivity index (χ3n) is 4.18. The van der Waals surface area contributed by atoms with Gasteiger partial charge < -0.3 is 10.6 Å². The van der Waals surface area contributed by atoms with E-state index in [0.717, 1.165) is 35.9 Å². The third-order valence-corrected chi connectivity index (χ3v) is 5.10. The molecule has 0 aliphatic heterocycles. The molecule has 1 heterocycles. The van der Waals surface area contributed by atoms with E-state index in [1.165, 1.54) is 10.9 Å². The summed E-state index contributed by atoms with van der Waals surface area (Å²) in [4.78, 5) is 9.78. The van der Waals surface area contributed by atoms with Crippen molar-refractivity contribution in [2.24, 2.45) is 4.99 Å². The number of rotatable bonds is 5. The summed E-state index contributed by atoms with van der Waals surface area (Å²) in [5.74, 6) is 0.580. The number of hydrogen-bond donors (Lipinski definition) is 2. The van der Waals surface area contributed by atoms with Crippen molar-refractivity contribution in [2.45, 2.75) is 31.7 Å². The van der Waals surface area contributed by atoms with Crippen molar-refractivity contribution in [2.75, 3.05) is 13.6 Å². The maximum atomic E-state index is 13.4. The molecule has 0 bridgehead atoms. The second kappa shape index (κ2) is 6.66. The Bertz CT molecular complexity index is 706. The van der Waals surface area contributed by atoms with Crippen molar-refractivity contribution in [3.05, 3.63) is 51.7 Å². The number of aryl methyl sites for hydroxylation is 1. The molecule has 1 aromatic carbocycles. The van der Waals surface area contributed by atoms with Crippen molar-refractivity contribution >= 4 is 17.3 Å². The molecule has 1 aliphatic rings. The number of benzene rings is 1. The van der Waals surface area contributed by atoms with E-state index >= 15 is 0 Å². The molecule has 2 aromatic rings. The van der Waals surface area contributed by atoms with Gasteiger partial charge in [-0.15, -0.1) is 11.3 Å². The van der Waals surface area contributed by atoms with E-state index in [1.807, 2.05) is 19.2 Å². The summed E-state index contributed by atoms with van der Waals surface area (Å²) in [7, 11) is 1.75. The molecule has 6 heteroatoms. The maximum absolute atomic E-state index is 13.4. The number of hydrogen-bond acceptors (Lipinski definition) is 3. The van der Waals surface area contributed by atoms with Gasteiger partial charge in [0.15, 0.2) is 5.96 Å². The zero-order chi connectivity index (χ0) is 16.3. The minimum atomic E-state index is -0.171. The number of aliphatic imine (C=N–C) groups is 1. The van der Waals surface area contributed by atoms with Crippen molar-refractivity contribution in [3.8, 4) is 0 Å². The van der Waals surface area contributed by atoms with Gasteiger partial charge in [0.2, 0.25) is 0 Å². The van der Waals surface area contributed by atoms with Gasteiger partial charge in [-0.3, -0.25) is 4.99 Å². The normalized spacial score (nSPS) is 16.2. The number of nitrogens with zero attached hydrogens (tertiary/aromatic N) is 2. The van der Waals surface area contributed by atoms with Gasteiger partial charge in [0.1, 0.15) is 10.8 Å². The molecule has 1 fully saturated rings. The molecule has 3 rings (SSSR count). The maximum Gasteiger partial charge on any atom is 0.191 e. The smallest absolute Gasteiger partial charge is 0.191 e. The van der Waals surface area contributed by atoms with Gasteiger partial charge in [0.25, 0.3) is 0 Å². The van der Waals surface area contributed by atoms with Crippen LogP contribution in [0.5, 0.6) is 0 Å². The van der Waals surface area contributed by atoms with Crippen molar-refractivity contribution in [3.63, 3.8) is 0 Å². The molecule has 122 valence electrons. The van der Waals surface area contributed by atoms with Crippen LogP contribution in [0.1, 0.15) is 28.3 Å². The van der Waals surface area contributed by atoms with E-state index in [-0.39, 0.29) is 11.2 Å². The van der Waals surface area contributed by atoms with Crippen LogP contribution in [-0.2, 0) is 12.0 Å². The van der Waals surface area contributed by atoms with Crippen molar-refractivity contribution < 1.29 is 4.39 Å². The van der Waals surface area contributed by atoms with Gasteiger partial charge in [-0.05, 0) is 37.5 Å². The molecule has 23 heavy (non-hydrogen) atoms. The molecule has 2 N–H and O–H groups in total. The molecular weight excluding hydrogens is 311 g/mol. The molecule has 0 radical (unpaired) electrons. The minimum Gasteiger partial charge on any atom is -0.356 e. The molecule has 4 nitrogen and oxygen atoms in total. The Morgan fingerprint density at radius 1 is 1.39 bits per heavy atom. The highest BCUT2D eigenvalue weighted by atomic mass is 32.1. The summed E-state index contributed by atoms with van der Waals surface area (Å²) in [5, 5.41) is 7.67. The van der Waals surface area contributed by atoms with E-state index in [1.54, 1.807) is 30.5 Å². The van der Waals surface area contributed by atoms with Crippen molar-refractivity contribution in [1.82, 2.24) is 15.6 Å². The van der Waals surface area contributed by atoms with Crippen LogP contribution in [0.15, 0.2) is 35.5 Å². The quantitative estimate of drug-likeness (QED) is 0.654. The predicted molar refractivity (Wildman–Crippen MR) is 92.4 cm³/mol. The van der Waals surface area contributed by atoms with E-state index in [4.69, 9.17) is 0 Å². The summed E-state index contributed by atoms with van der Waals surface area (Å²) in [6, 6.07) is 6.92. The third kappa shape index (κ3) is 3.88. The standard InChI is InChI=1S/C17H21FN4S/c1-12-9-20-15(23-12)10-21-16(19-2)22-11-17(6-7-17)13-4-3-5-14(18)8-13/h3-5,8-9H,6-7,10-11H2,1-2H3,(H2,19,21,22). The first kappa shape index (κ1) is 15.9. The van der Waals surface area contributed by atoms with E-state index < -0.39 is 0 Å². The van der Waals surface area contributed by atoms with E-state index in [9.17, 15) is 4.39 Å². The van der Waals surface area contributed by atoms with Crippen LogP contribution in [0.3, 0.4) is 0 Å². The van der Waals surface area contributed by atoms with Gasteiger partial charge in [-0.2, -0.15) is 0 Å². The lowest BCUT2D eigenvalue weighted by Gasteiger charge is -2.19. The Kier molecular flexibility index (Phi) is 4.61. The van der Waals surface area contributed by atoms with Gasteiger partial charge in [0, 0.05) is 30.1 Å². The molecule has 1 aliphatic carbocycles. The van der Waals surface area contributed by atoms with Crippen LogP contribution in [0.25, 0.3) is 0 Å². The fourth-order valence-electron chi connectivity index (χ4n) is 2.65. The topological polar surface area (TPSA) is 49.3 Å². The van der Waals surface area contributed by atoms with Crippen LogP contribution < -0.4 is 10.6 Å². The largest absolute Gasteiger partial charge is 0.356 e. The Morgan fingerprint density at radius 3 is 2.83 bits per heavy atom. The van der Waals surface area contributed by atoms with Crippen LogP contribution in [-0.4, -0.2) is 24.5 Å². The lowest BCUT2D eigenvalue weighted by atomic mass is 9.96. The minimum absolute atomic E-state index is 0.0392. The first-order valence-corrected chi connectivity index (χ1v) is 8.55. The van der Waals surface area contributed by atoms with Gasteiger partial charge in [0.05, 0.1) is 6.54 Å². The lowest BCUT2D eigenvalue weighted by molar-refractivity contribution is 0.607. The summed E-state index contributed by atoms with van der Waals surface area (Å²) in [6.07, 6.45) is 4.03. The number of aromatic nitrogens is 1. The summed E-state index contributed by atoms with van der Waals surface area (Å²) < 4.78 is 13.4. The monoisotopic (exact) mass is 332 g/mol. The molecule has 0 atom stereocenters. The van der Waals surface area contributed by atoms with Crippen LogP contribution in [0.4, 0.5) is 4.39 Å². The first-order valence-electron chi connectivity index (χ1n) is 7.73. The van der Waals surface area contributed by atoms with Gasteiger partial charge in [-0.1, -0.05) is 12.1 Å². The Hall–Kier alpha value is -1.95. The van der Waals surface area contributed by atoms with E-state index in [0.29, 0.717) is 6.54 Å². The Labute approximate surface area is 139 Å². The first-order chi connectivity index (χ1) is 11.1. The van der Waals surface area contributed by atoms with Crippen LogP contribution >= 0.6 is 11.3 Å². The average molecular weight is 332 g/mol. The zero-order valence-electron chi connectivity index (χ0n) is 13.4. The Balaban J connectivity index is 1.56. The summed E-state index contributed by atoms with van der Waals surface area (Å²) in [5.41, 5.74) is 1.10. The lowest BCUT2D eigenvalue weighted by Crippen LogP contribution is -2.40. The molecule has 0 amide bonds. The van der Waals surface area contributed by atoms with Gasteiger partial charge in [-0.25, -0.2) is 9.37 Å². The second-order valence-corrected chi connectivity index (χ2v) is 7.25. The van der Waals surface area contributed by atoms with Crippen LogP contribution in [0, 0.1) is 12.7 Å². The zero-order valence-corrected chi connectivity index (χ0v) is 14.2. The molecular formula is C17H21FN4S. The highest BCUT2D eigenvalue weighted by Gasteiger charge is 2.44. The average Bonchev–Trinajstić information content (AvgIpc) is 3.23. The Morgan fingerprint density at radius 2 is 2.22 bits per heavy atom. The number of thiazole rings is 1. The highest BCUT2D eigenvalue weighted by molar-refractivity contribution is 7.11. The fourth-order valence-corrected chi connectivity index (χ4v) is 3.38. The molecule has 0 saturated heterocycles. The van der Waals surface area contributed by atoms with E-state index in [2.05, 4.69) is 20.6 Å². The predicted octanol–water partition coefficient (Wildman–Crippen LogP) is 2.99. The molecule has 0 unspecified atom stereocenters. The molecule has 1 saturated carbocycles.